The van der Waals surface area contributed by atoms with Gasteiger partial charge in [0.25, 0.3) is 5.91 Å². The minimum Gasteiger partial charge on any atom is -0.379 e. The molecule has 1 unspecified atom stereocenters. The Labute approximate surface area is 264 Å². The molecular weight excluding hydrogens is 586 g/mol. The van der Waals surface area contributed by atoms with Gasteiger partial charge in [-0.1, -0.05) is 84.7 Å². The van der Waals surface area contributed by atoms with Crippen LogP contribution in [-0.4, -0.2) is 51.6 Å². The topological polar surface area (TPSA) is 97.0 Å². The fraction of sp³-hybridized carbons (Fsp3) is 0.194. The number of carbonyl (C=O) groups is 1. The molecule has 1 heterocycles. The minimum atomic E-state index is -4.05. The molecular formula is C36H35N3O5S. The van der Waals surface area contributed by atoms with Crippen LogP contribution < -0.4 is 10.2 Å². The zero-order valence-electron chi connectivity index (χ0n) is 24.8. The fourth-order valence-electron chi connectivity index (χ4n) is 4.66. The summed E-state index contributed by atoms with van der Waals surface area (Å²) in [6.45, 7) is 4.29. The maximum atomic E-state index is 13.4. The number of hydroxylamine groups is 1. The van der Waals surface area contributed by atoms with Crippen molar-refractivity contribution in [3.05, 3.63) is 149 Å². The number of nitrogens with one attached hydrogen (secondary N) is 2. The van der Waals surface area contributed by atoms with E-state index in [1.807, 2.05) is 60.7 Å². The fourth-order valence-corrected chi connectivity index (χ4v) is 5.86. The van der Waals surface area contributed by atoms with Crippen LogP contribution >= 0.6 is 0 Å². The van der Waals surface area contributed by atoms with Gasteiger partial charge in [-0.3, -0.25) is 9.69 Å². The van der Waals surface area contributed by atoms with Crippen molar-refractivity contribution in [2.75, 3.05) is 26.3 Å². The molecule has 1 saturated heterocycles. The van der Waals surface area contributed by atoms with E-state index in [4.69, 9.17) is 9.57 Å². The molecule has 2 N–H and O–H groups in total. The van der Waals surface area contributed by atoms with Crippen LogP contribution in [0.4, 0.5) is 0 Å². The second-order valence-corrected chi connectivity index (χ2v) is 12.2. The third kappa shape index (κ3) is 9.89. The van der Waals surface area contributed by atoms with Gasteiger partial charge in [-0.15, -0.1) is 0 Å². The van der Waals surface area contributed by atoms with Gasteiger partial charge < -0.3 is 9.57 Å². The molecule has 230 valence electrons. The Hall–Kier alpha value is -4.72. The molecule has 0 saturated carbocycles. The first-order chi connectivity index (χ1) is 21.9. The Morgan fingerprint density at radius 3 is 2.18 bits per heavy atom. The van der Waals surface area contributed by atoms with Gasteiger partial charge in [0.2, 0.25) is 10.0 Å². The van der Waals surface area contributed by atoms with Gasteiger partial charge in [0.15, 0.2) is 5.76 Å². The van der Waals surface area contributed by atoms with Crippen LogP contribution in [0.25, 0.3) is 0 Å². The van der Waals surface area contributed by atoms with Crippen molar-refractivity contribution in [3.63, 3.8) is 0 Å². The number of ether oxygens (including phenoxy) is 1. The Morgan fingerprint density at radius 2 is 1.47 bits per heavy atom. The van der Waals surface area contributed by atoms with Gasteiger partial charge in [0.1, 0.15) is 6.04 Å². The van der Waals surface area contributed by atoms with E-state index in [0.717, 1.165) is 44.0 Å². The van der Waals surface area contributed by atoms with E-state index >= 15 is 0 Å². The van der Waals surface area contributed by atoms with Crippen LogP contribution in [0.5, 0.6) is 0 Å². The zero-order valence-corrected chi connectivity index (χ0v) is 25.6. The number of hydrogen-bond acceptors (Lipinski definition) is 6. The predicted octanol–water partition coefficient (Wildman–Crippen LogP) is 4.42. The van der Waals surface area contributed by atoms with Gasteiger partial charge in [0, 0.05) is 30.8 Å². The summed E-state index contributed by atoms with van der Waals surface area (Å²) in [6, 6.07) is 22.5. The second-order valence-electron chi connectivity index (χ2n) is 10.5. The molecule has 3 aromatic carbocycles. The van der Waals surface area contributed by atoms with Crippen molar-refractivity contribution in [1.82, 2.24) is 15.1 Å². The molecule has 5 rings (SSSR count). The lowest BCUT2D eigenvalue weighted by molar-refractivity contribution is -0.132. The molecule has 8 nitrogen and oxygen atoms in total. The van der Waals surface area contributed by atoms with E-state index in [9.17, 15) is 13.2 Å². The molecule has 1 aliphatic heterocycles. The molecule has 2 aliphatic rings. The van der Waals surface area contributed by atoms with Gasteiger partial charge in [-0.05, 0) is 66.1 Å². The van der Waals surface area contributed by atoms with Gasteiger partial charge >= 0.3 is 0 Å². The highest BCUT2D eigenvalue weighted by Gasteiger charge is 2.27. The standard InChI is InChI=1S/C36H35N3O5S/c40-36(37-44-33-11-7-2-1-3-8-12-33)35(27-31-9-5-4-6-10-31)38-45(41,42)34-21-19-30(20-22-34)14-13-29-15-17-32(18-16-29)28-39-23-25-43-26-24-39/h1-12,15-22,35,38H,23-28H2,(H,37,40)/b2-1-,3-1?,7-2?,8-3-,11-7-,12-8?,33-11?,33-12+. The second kappa shape index (κ2) is 15.8. The molecule has 0 bridgehead atoms. The SMILES string of the molecule is O=C(NOC1=C/C=C\C=C/C=C\1)C(Cc1ccccc1)NS(=O)(=O)c1ccc(C#Cc2ccc(CN3CCOCC3)cc2)cc1. The summed E-state index contributed by atoms with van der Waals surface area (Å²) in [6.07, 6.45) is 12.5. The lowest BCUT2D eigenvalue weighted by Gasteiger charge is -2.26. The first-order valence-electron chi connectivity index (χ1n) is 14.7. The van der Waals surface area contributed by atoms with Crippen molar-refractivity contribution >= 4 is 15.9 Å². The lowest BCUT2D eigenvalue weighted by atomic mass is 10.1. The molecule has 3 aromatic rings. The molecule has 0 aromatic heterocycles. The number of sulfonamides is 1. The van der Waals surface area contributed by atoms with E-state index in [0.29, 0.717) is 11.3 Å². The van der Waals surface area contributed by atoms with Crippen molar-refractivity contribution in [2.45, 2.75) is 23.9 Å². The molecule has 0 spiro atoms. The highest BCUT2D eigenvalue weighted by molar-refractivity contribution is 7.89. The number of hydrogen-bond donors (Lipinski definition) is 2. The summed E-state index contributed by atoms with van der Waals surface area (Å²) in [7, 11) is -4.05. The maximum Gasteiger partial charge on any atom is 0.271 e. The van der Waals surface area contributed by atoms with Crippen molar-refractivity contribution in [1.29, 1.82) is 0 Å². The summed E-state index contributed by atoms with van der Waals surface area (Å²) in [5.74, 6) is 6.00. The largest absolute Gasteiger partial charge is 0.379 e. The quantitative estimate of drug-likeness (QED) is 0.257. The number of benzene rings is 3. The zero-order chi connectivity index (χ0) is 31.3. The first kappa shape index (κ1) is 31.7. The molecule has 9 heteroatoms. The molecule has 1 amide bonds. The first-order valence-corrected chi connectivity index (χ1v) is 16.2. The van der Waals surface area contributed by atoms with Gasteiger partial charge in [-0.25, -0.2) is 8.42 Å². The van der Waals surface area contributed by atoms with E-state index in [1.165, 1.54) is 17.7 Å². The number of amides is 1. The van der Waals surface area contributed by atoms with Crippen LogP contribution in [0.3, 0.4) is 0 Å². The minimum absolute atomic E-state index is 0.0230. The van der Waals surface area contributed by atoms with Crippen molar-refractivity contribution in [3.8, 4) is 11.8 Å². The van der Waals surface area contributed by atoms with Crippen LogP contribution in [0.1, 0.15) is 22.3 Å². The third-order valence-electron chi connectivity index (χ3n) is 7.11. The third-order valence-corrected chi connectivity index (χ3v) is 8.60. The van der Waals surface area contributed by atoms with Gasteiger partial charge in [-0.2, -0.15) is 10.2 Å². The van der Waals surface area contributed by atoms with E-state index in [1.54, 1.807) is 36.4 Å². The summed E-state index contributed by atoms with van der Waals surface area (Å²) in [5.41, 5.74) is 5.94. The van der Waals surface area contributed by atoms with Crippen molar-refractivity contribution < 1.29 is 22.8 Å². The van der Waals surface area contributed by atoms with Gasteiger partial charge in [0.05, 0.1) is 18.1 Å². The molecule has 45 heavy (non-hydrogen) atoms. The molecule has 1 fully saturated rings. The summed E-state index contributed by atoms with van der Waals surface area (Å²) < 4.78 is 34.7. The van der Waals surface area contributed by atoms with Crippen molar-refractivity contribution in [2.24, 2.45) is 0 Å². The number of carbonyl (C=O) groups excluding carboxylic acids is 1. The predicted molar refractivity (Wildman–Crippen MR) is 174 cm³/mol. The highest BCUT2D eigenvalue weighted by atomic mass is 32.2. The maximum absolute atomic E-state index is 13.4. The van der Waals surface area contributed by atoms with Crippen LogP contribution in [0.2, 0.25) is 0 Å². The lowest BCUT2D eigenvalue weighted by Crippen LogP contribution is -2.47. The highest BCUT2D eigenvalue weighted by Crippen LogP contribution is 2.14. The smallest absolute Gasteiger partial charge is 0.271 e. The normalized spacial score (nSPS) is 18.9. The summed E-state index contributed by atoms with van der Waals surface area (Å²) in [5, 5.41) is 0. The summed E-state index contributed by atoms with van der Waals surface area (Å²) in [4.78, 5) is 21.0. The van der Waals surface area contributed by atoms with E-state index < -0.39 is 22.0 Å². The Morgan fingerprint density at radius 1 is 0.822 bits per heavy atom. The van der Waals surface area contributed by atoms with E-state index in [-0.39, 0.29) is 11.3 Å². The summed E-state index contributed by atoms with van der Waals surface area (Å²) >= 11 is 0. The number of allylic oxidation sites excluding steroid dienone is 7. The average Bonchev–Trinajstić information content (AvgIpc) is 3.04. The van der Waals surface area contributed by atoms with E-state index in [2.05, 4.69) is 39.1 Å². The Bertz CT molecular complexity index is 1730. The Balaban J connectivity index is 1.23. The monoisotopic (exact) mass is 621 g/mol. The van der Waals surface area contributed by atoms with Crippen LogP contribution in [-0.2, 0) is 37.4 Å². The van der Waals surface area contributed by atoms with Crippen LogP contribution in [0, 0.1) is 11.8 Å². The Kier molecular flexibility index (Phi) is 11.2. The number of nitrogens with zero attached hydrogens (tertiary/aromatic N) is 1. The molecule has 1 aliphatic carbocycles. The number of rotatable bonds is 10. The average molecular weight is 622 g/mol. The number of morpholine rings is 1. The molecule has 1 atom stereocenters. The van der Waals surface area contributed by atoms with Crippen LogP contribution in [0.15, 0.2) is 132 Å². The molecule has 0 radical (unpaired) electrons.